The average molecular weight is 1040 g/mol. The van der Waals surface area contributed by atoms with E-state index in [1.807, 2.05) is 77.4 Å². The highest BCUT2D eigenvalue weighted by Crippen LogP contribution is 2.51. The van der Waals surface area contributed by atoms with Crippen molar-refractivity contribution in [1.29, 1.82) is 0 Å². The summed E-state index contributed by atoms with van der Waals surface area (Å²) in [6.07, 6.45) is 1.59. The van der Waals surface area contributed by atoms with Crippen molar-refractivity contribution < 1.29 is 19.8 Å². The Bertz CT molecular complexity index is 4840. The summed E-state index contributed by atoms with van der Waals surface area (Å²) in [5, 5.41) is 1.02. The SMILES string of the molecule is [2H]c1c([2H])c([2H])c2c(c1[2H])c1c([2H])c([2H])c([2H])c([2H])c1n2-c1cccc2c1c1ccc(Oc3cccc(N4CN(c5cc(C(C)(C)C)cc(C(C)(C)C)c5)c5c(-c6ccccc6)cccc54)c3)cc1n2-c1cc(C([2H])([2H])[2H])c(-c2cccc(C(C)(C)C)c2)cn1. The fourth-order valence-electron chi connectivity index (χ4n) is 11.2. The van der Waals surface area contributed by atoms with Crippen LogP contribution >= 0.6 is 0 Å². The number of hydrogen-bond acceptors (Lipinski definition) is 4. The summed E-state index contributed by atoms with van der Waals surface area (Å²) in [6, 6.07) is 48.3. The second-order valence-electron chi connectivity index (χ2n) is 23.8. The minimum absolute atomic E-state index is 0.0333. The first-order valence-electron chi connectivity index (χ1n) is 32.4. The maximum absolute atomic E-state index is 9.40. The van der Waals surface area contributed by atoms with Crippen LogP contribution in [0.1, 0.15) is 99.6 Å². The fourth-order valence-corrected chi connectivity index (χ4v) is 11.2. The quantitative estimate of drug-likeness (QED) is 0.152. The number of aryl methyl sites for hydroxylation is 1. The predicted octanol–water partition coefficient (Wildman–Crippen LogP) is 19.9. The molecule has 390 valence electrons. The molecule has 13 rings (SSSR count). The van der Waals surface area contributed by atoms with Gasteiger partial charge in [-0.3, -0.25) is 4.57 Å². The third kappa shape index (κ3) is 8.71. The number of pyridine rings is 1. The first-order chi connectivity index (χ1) is 42.5. The first-order valence-corrected chi connectivity index (χ1v) is 26.9. The summed E-state index contributed by atoms with van der Waals surface area (Å²) in [4.78, 5) is 9.81. The number of fused-ring (bicyclic) bond motifs is 7. The van der Waals surface area contributed by atoms with Crippen molar-refractivity contribution in [2.75, 3.05) is 16.5 Å². The van der Waals surface area contributed by atoms with E-state index >= 15 is 0 Å². The van der Waals surface area contributed by atoms with Gasteiger partial charge in [0.2, 0.25) is 0 Å². The number of benzene rings is 9. The molecule has 0 bridgehead atoms. The number of ether oxygens (including phenoxy) is 1. The first kappa shape index (κ1) is 38.6. The maximum atomic E-state index is 9.40. The smallest absolute Gasteiger partial charge is 0.137 e. The molecule has 12 aromatic rings. The minimum atomic E-state index is -2.61. The number of rotatable bonds is 8. The summed E-state index contributed by atoms with van der Waals surface area (Å²) in [7, 11) is 0. The van der Waals surface area contributed by atoms with Crippen LogP contribution in [0.5, 0.6) is 11.5 Å². The van der Waals surface area contributed by atoms with Gasteiger partial charge in [0.05, 0.1) is 50.1 Å². The van der Waals surface area contributed by atoms with Crippen LogP contribution in [0.3, 0.4) is 0 Å². The Hall–Kier alpha value is -8.87. The van der Waals surface area contributed by atoms with Crippen molar-refractivity contribution in [3.8, 4) is 45.3 Å². The second-order valence-corrected chi connectivity index (χ2v) is 23.8. The van der Waals surface area contributed by atoms with Gasteiger partial charge < -0.3 is 19.1 Å². The molecule has 0 atom stereocenters. The van der Waals surface area contributed by atoms with Crippen LogP contribution in [0.2, 0.25) is 0 Å². The lowest BCUT2D eigenvalue weighted by atomic mass is 9.80. The molecular weight excluding hydrogens is 963 g/mol. The molecule has 6 nitrogen and oxygen atoms in total. The summed E-state index contributed by atoms with van der Waals surface area (Å²) in [6.45, 7) is 17.7. The van der Waals surface area contributed by atoms with E-state index in [4.69, 9.17) is 19.3 Å². The van der Waals surface area contributed by atoms with Gasteiger partial charge in [0.1, 0.15) is 24.0 Å². The van der Waals surface area contributed by atoms with Crippen LogP contribution in [0.4, 0.5) is 22.7 Å². The zero-order valence-corrected chi connectivity index (χ0v) is 45.9. The Morgan fingerprint density at radius 1 is 0.468 bits per heavy atom. The van der Waals surface area contributed by atoms with Gasteiger partial charge in [-0.05, 0) is 129 Å². The summed E-state index contributed by atoms with van der Waals surface area (Å²) < 4.78 is 110. The number of aromatic nitrogens is 3. The van der Waals surface area contributed by atoms with Gasteiger partial charge >= 0.3 is 0 Å². The molecule has 1 aliphatic rings. The normalized spacial score (nSPS) is 15.2. The van der Waals surface area contributed by atoms with E-state index in [1.54, 1.807) is 24.4 Å². The van der Waals surface area contributed by atoms with Crippen molar-refractivity contribution in [3.63, 3.8) is 0 Å². The number of para-hydroxylation sites is 3. The van der Waals surface area contributed by atoms with Gasteiger partial charge in [-0.2, -0.15) is 0 Å². The fraction of sp³-hybridized carbons (Fsp3) is 0.192. The van der Waals surface area contributed by atoms with E-state index in [-0.39, 0.29) is 49.4 Å². The molecule has 1 aliphatic heterocycles. The van der Waals surface area contributed by atoms with Crippen LogP contribution < -0.4 is 14.5 Å². The van der Waals surface area contributed by atoms with Crippen molar-refractivity contribution in [1.82, 2.24) is 14.1 Å². The van der Waals surface area contributed by atoms with E-state index < -0.39 is 55.2 Å². The third-order valence-corrected chi connectivity index (χ3v) is 15.4. The molecule has 0 amide bonds. The molecule has 3 aromatic heterocycles. The van der Waals surface area contributed by atoms with E-state index in [1.165, 1.54) is 15.7 Å². The highest BCUT2D eigenvalue weighted by Gasteiger charge is 2.33. The lowest BCUT2D eigenvalue weighted by molar-refractivity contribution is 0.483. The highest BCUT2D eigenvalue weighted by atomic mass is 16.5. The van der Waals surface area contributed by atoms with Crippen molar-refractivity contribution >= 4 is 66.4 Å². The van der Waals surface area contributed by atoms with Crippen molar-refractivity contribution in [2.45, 2.75) is 85.4 Å². The number of hydrogen-bond donors (Lipinski definition) is 0. The largest absolute Gasteiger partial charge is 0.457 e. The Kier molecular flexibility index (Phi) is 9.13. The molecule has 0 spiro atoms. The monoisotopic (exact) mass is 1040 g/mol. The number of anilines is 4. The van der Waals surface area contributed by atoms with Crippen molar-refractivity contribution in [2.24, 2.45) is 0 Å². The van der Waals surface area contributed by atoms with Crippen LogP contribution in [-0.4, -0.2) is 20.8 Å². The molecule has 0 saturated heterocycles. The summed E-state index contributed by atoms with van der Waals surface area (Å²) in [5.41, 5.74) is 11.9. The van der Waals surface area contributed by atoms with Gasteiger partial charge in [0.15, 0.2) is 0 Å². The van der Waals surface area contributed by atoms with Gasteiger partial charge in [-0.1, -0.05) is 183 Å². The van der Waals surface area contributed by atoms with Gasteiger partial charge in [0.25, 0.3) is 0 Å². The van der Waals surface area contributed by atoms with Gasteiger partial charge in [-0.15, -0.1) is 0 Å². The molecule has 6 heteroatoms. The molecule has 0 fully saturated rings. The Morgan fingerprint density at radius 3 is 1.82 bits per heavy atom. The Balaban J connectivity index is 1.01. The van der Waals surface area contributed by atoms with E-state index in [9.17, 15) is 5.48 Å². The highest BCUT2D eigenvalue weighted by molar-refractivity contribution is 6.16. The van der Waals surface area contributed by atoms with Crippen molar-refractivity contribution in [3.05, 3.63) is 235 Å². The summed E-state index contributed by atoms with van der Waals surface area (Å²) in [5.74, 6) is 1.23. The molecule has 0 aliphatic carbocycles. The van der Waals surface area contributed by atoms with Gasteiger partial charge in [0, 0.05) is 66.5 Å². The molecule has 0 N–H and O–H groups in total. The molecule has 0 radical (unpaired) electrons. The average Bonchev–Trinajstić information content (AvgIpc) is 1.54. The van der Waals surface area contributed by atoms with E-state index in [2.05, 4.69) is 139 Å². The van der Waals surface area contributed by atoms with Crippen LogP contribution in [0, 0.1) is 6.85 Å². The minimum Gasteiger partial charge on any atom is -0.457 e. The topological polar surface area (TPSA) is 38.5 Å². The summed E-state index contributed by atoms with van der Waals surface area (Å²) >= 11 is 0. The Labute approximate surface area is 480 Å². The standard InChI is InChI=1S/C73H67N5O/c1-47-38-68(74-45-61(47)49-24-18-25-50(39-49)71(2,3)4)78-65-34-21-33-64(77-62-31-16-14-28-58(62)59-29-15-17-32-63(59)77)69(65)60-37-36-56(44-67(60)78)79-55-27-19-26-53(43-55)75-46-76(54-41-51(72(5,6)7)40-52(42-54)73(8,9)10)70-57(30-20-35-66(70)75)48-22-12-11-13-23-48/h11-45H,46H2,1-10H3/i1D3,14D,15D,16D,17D,28D,29D,31D,32D. The predicted molar refractivity (Wildman–Crippen MR) is 333 cm³/mol. The lowest BCUT2D eigenvalue weighted by Crippen LogP contribution is -2.25. The molecule has 0 saturated carbocycles. The lowest BCUT2D eigenvalue weighted by Gasteiger charge is -2.30. The zero-order chi connectivity index (χ0) is 64.0. The van der Waals surface area contributed by atoms with Crippen LogP contribution in [0.25, 0.3) is 77.4 Å². The van der Waals surface area contributed by atoms with Crippen LogP contribution in [-0.2, 0) is 16.2 Å². The zero-order valence-electron chi connectivity index (χ0n) is 56.9. The molecule has 0 unspecified atom stereocenters. The van der Waals surface area contributed by atoms with E-state index in [0.717, 1.165) is 39.4 Å². The Morgan fingerprint density at radius 2 is 1.11 bits per heavy atom. The van der Waals surface area contributed by atoms with Crippen LogP contribution in [0.15, 0.2) is 212 Å². The maximum Gasteiger partial charge on any atom is 0.137 e. The molecule has 79 heavy (non-hydrogen) atoms. The molecule has 4 heterocycles. The third-order valence-electron chi connectivity index (χ3n) is 15.4. The molecular formula is C73H67N5O. The number of nitrogens with zero attached hydrogens (tertiary/aromatic N) is 5. The van der Waals surface area contributed by atoms with E-state index in [0.29, 0.717) is 56.8 Å². The molecule has 9 aromatic carbocycles. The second kappa shape index (κ2) is 18.7. The van der Waals surface area contributed by atoms with Gasteiger partial charge in [-0.25, -0.2) is 4.98 Å².